The maximum atomic E-state index is 12.5. The van der Waals surface area contributed by atoms with Crippen molar-refractivity contribution in [3.05, 3.63) is 0 Å². The van der Waals surface area contributed by atoms with Crippen LogP contribution in [0.5, 0.6) is 0 Å². The van der Waals surface area contributed by atoms with Crippen LogP contribution in [0.2, 0.25) is 0 Å². The molecular formula is C14H23NO2S2. The van der Waals surface area contributed by atoms with Crippen molar-refractivity contribution in [1.29, 1.82) is 0 Å². The van der Waals surface area contributed by atoms with Crippen LogP contribution in [0, 0.1) is 5.92 Å². The van der Waals surface area contributed by atoms with E-state index >= 15 is 0 Å². The third-order valence-electron chi connectivity index (χ3n) is 4.46. The Kier molecular flexibility index (Phi) is 4.78. The molecule has 3 rings (SSSR count). The zero-order chi connectivity index (χ0) is 13.1. The van der Waals surface area contributed by atoms with Gasteiger partial charge in [0, 0.05) is 48.8 Å². The molecule has 5 heteroatoms. The van der Waals surface area contributed by atoms with E-state index in [1.54, 1.807) is 0 Å². The van der Waals surface area contributed by atoms with Gasteiger partial charge in [0.1, 0.15) is 5.78 Å². The SMILES string of the molecule is O=C(CC1CSCCN1)C1CCOC2(CCSC2)C1. The zero-order valence-corrected chi connectivity index (χ0v) is 13.0. The Hall–Kier alpha value is 0.290. The first-order valence-corrected chi connectivity index (χ1v) is 9.64. The smallest absolute Gasteiger partial charge is 0.137 e. The van der Waals surface area contributed by atoms with Gasteiger partial charge in [-0.05, 0) is 25.0 Å². The molecule has 0 saturated carbocycles. The number of Topliss-reactive ketones (excluding diaryl/α,β-unsaturated/α-hetero) is 1. The maximum absolute atomic E-state index is 12.5. The molecule has 0 aromatic carbocycles. The van der Waals surface area contributed by atoms with Crippen LogP contribution in [0.15, 0.2) is 0 Å². The second kappa shape index (κ2) is 6.37. The van der Waals surface area contributed by atoms with E-state index in [-0.39, 0.29) is 11.5 Å². The molecule has 19 heavy (non-hydrogen) atoms. The van der Waals surface area contributed by atoms with Crippen molar-refractivity contribution in [3.8, 4) is 0 Å². The van der Waals surface area contributed by atoms with Crippen molar-refractivity contribution in [3.63, 3.8) is 0 Å². The van der Waals surface area contributed by atoms with E-state index in [9.17, 15) is 4.79 Å². The van der Waals surface area contributed by atoms with Gasteiger partial charge in [0.15, 0.2) is 0 Å². The summed E-state index contributed by atoms with van der Waals surface area (Å²) in [5.74, 6) is 5.29. The normalized spacial score (nSPS) is 39.6. The molecule has 0 bridgehead atoms. The molecule has 3 fully saturated rings. The molecule has 0 aliphatic carbocycles. The Morgan fingerprint density at radius 2 is 2.32 bits per heavy atom. The lowest BCUT2D eigenvalue weighted by Gasteiger charge is -2.37. The minimum Gasteiger partial charge on any atom is -0.374 e. The van der Waals surface area contributed by atoms with E-state index in [1.165, 1.54) is 11.5 Å². The highest BCUT2D eigenvalue weighted by Crippen LogP contribution is 2.40. The molecule has 3 atom stereocenters. The molecule has 3 unspecified atom stereocenters. The Labute approximate surface area is 124 Å². The van der Waals surface area contributed by atoms with Crippen LogP contribution >= 0.6 is 23.5 Å². The largest absolute Gasteiger partial charge is 0.374 e. The van der Waals surface area contributed by atoms with E-state index in [0.717, 1.165) is 50.3 Å². The van der Waals surface area contributed by atoms with Crippen molar-refractivity contribution in [2.45, 2.75) is 37.3 Å². The molecule has 3 aliphatic rings. The molecule has 108 valence electrons. The number of hydrogen-bond acceptors (Lipinski definition) is 5. The zero-order valence-electron chi connectivity index (χ0n) is 11.4. The minimum absolute atomic E-state index is 0.0397. The Bertz CT molecular complexity index is 325. The third kappa shape index (κ3) is 3.49. The van der Waals surface area contributed by atoms with Gasteiger partial charge in [0.2, 0.25) is 0 Å². The predicted molar refractivity (Wildman–Crippen MR) is 82.1 cm³/mol. The van der Waals surface area contributed by atoms with E-state index in [1.807, 2.05) is 23.5 Å². The van der Waals surface area contributed by atoms with Gasteiger partial charge in [0.05, 0.1) is 5.60 Å². The summed E-state index contributed by atoms with van der Waals surface area (Å²) in [6, 6.07) is 0.406. The average molecular weight is 301 g/mol. The van der Waals surface area contributed by atoms with Gasteiger partial charge < -0.3 is 10.1 Å². The standard InChI is InChI=1S/C14H23NO2S2/c16-13(7-12-9-18-6-3-15-12)11-1-4-17-14(8-11)2-5-19-10-14/h11-12,15H,1-10H2. The van der Waals surface area contributed by atoms with E-state index in [2.05, 4.69) is 5.32 Å². The molecule has 1 spiro atoms. The average Bonchev–Trinajstić information content (AvgIpc) is 2.88. The first-order chi connectivity index (χ1) is 9.27. The summed E-state index contributed by atoms with van der Waals surface area (Å²) in [4.78, 5) is 12.5. The second-order valence-electron chi connectivity index (χ2n) is 5.92. The summed E-state index contributed by atoms with van der Waals surface area (Å²) in [6.07, 6.45) is 3.77. The number of carbonyl (C=O) groups is 1. The van der Waals surface area contributed by atoms with Crippen LogP contribution in [-0.2, 0) is 9.53 Å². The van der Waals surface area contributed by atoms with Crippen LogP contribution in [-0.4, -0.2) is 53.6 Å². The summed E-state index contributed by atoms with van der Waals surface area (Å²) in [7, 11) is 0. The van der Waals surface area contributed by atoms with Crippen LogP contribution in [0.25, 0.3) is 0 Å². The lowest BCUT2D eigenvalue weighted by Crippen LogP contribution is -2.44. The van der Waals surface area contributed by atoms with Gasteiger partial charge in [-0.1, -0.05) is 0 Å². The maximum Gasteiger partial charge on any atom is 0.137 e. The Balaban J connectivity index is 1.54. The first-order valence-electron chi connectivity index (χ1n) is 7.33. The molecule has 0 amide bonds. The number of rotatable bonds is 3. The predicted octanol–water partition coefficient (Wildman–Crippen LogP) is 1.95. The van der Waals surface area contributed by atoms with Gasteiger partial charge in [-0.15, -0.1) is 0 Å². The van der Waals surface area contributed by atoms with Crippen molar-refractivity contribution in [2.24, 2.45) is 5.92 Å². The van der Waals surface area contributed by atoms with E-state index in [4.69, 9.17) is 4.74 Å². The highest BCUT2D eigenvalue weighted by Gasteiger charge is 2.42. The number of hydrogen-bond donors (Lipinski definition) is 1. The van der Waals surface area contributed by atoms with Gasteiger partial charge in [-0.3, -0.25) is 4.79 Å². The molecular weight excluding hydrogens is 278 g/mol. The number of carbonyl (C=O) groups excluding carboxylic acids is 1. The van der Waals surface area contributed by atoms with Crippen molar-refractivity contribution < 1.29 is 9.53 Å². The molecule has 3 nitrogen and oxygen atoms in total. The van der Waals surface area contributed by atoms with Crippen LogP contribution in [0.3, 0.4) is 0 Å². The third-order valence-corrected chi connectivity index (χ3v) is 6.82. The Morgan fingerprint density at radius 1 is 1.37 bits per heavy atom. The topological polar surface area (TPSA) is 38.3 Å². The molecule has 3 heterocycles. The molecule has 0 aromatic rings. The molecule has 0 aromatic heterocycles. The van der Waals surface area contributed by atoms with Gasteiger partial charge >= 0.3 is 0 Å². The molecule has 0 radical (unpaired) electrons. The van der Waals surface area contributed by atoms with Crippen molar-refractivity contribution >= 4 is 29.3 Å². The van der Waals surface area contributed by atoms with Crippen LogP contribution in [0.1, 0.15) is 25.7 Å². The monoisotopic (exact) mass is 301 g/mol. The number of ketones is 1. The number of ether oxygens (including phenoxy) is 1. The fraction of sp³-hybridized carbons (Fsp3) is 0.929. The summed E-state index contributed by atoms with van der Waals surface area (Å²) < 4.78 is 6.00. The van der Waals surface area contributed by atoms with Gasteiger partial charge in [0.25, 0.3) is 0 Å². The summed E-state index contributed by atoms with van der Waals surface area (Å²) >= 11 is 3.94. The molecule has 1 N–H and O–H groups in total. The highest BCUT2D eigenvalue weighted by atomic mass is 32.2. The van der Waals surface area contributed by atoms with Crippen LogP contribution < -0.4 is 5.32 Å². The lowest BCUT2D eigenvalue weighted by atomic mass is 9.81. The van der Waals surface area contributed by atoms with E-state index < -0.39 is 0 Å². The second-order valence-corrected chi connectivity index (χ2v) is 8.18. The minimum atomic E-state index is 0.0397. The number of thioether (sulfide) groups is 2. The quantitative estimate of drug-likeness (QED) is 0.862. The van der Waals surface area contributed by atoms with Gasteiger partial charge in [-0.2, -0.15) is 23.5 Å². The van der Waals surface area contributed by atoms with E-state index in [0.29, 0.717) is 11.8 Å². The highest BCUT2D eigenvalue weighted by molar-refractivity contribution is 7.99. The molecule has 3 saturated heterocycles. The summed E-state index contributed by atoms with van der Waals surface area (Å²) in [5.41, 5.74) is 0.0397. The number of nitrogens with one attached hydrogen (secondary N) is 1. The van der Waals surface area contributed by atoms with Crippen molar-refractivity contribution in [2.75, 3.05) is 36.2 Å². The fourth-order valence-corrected chi connectivity index (χ4v) is 5.65. The summed E-state index contributed by atoms with van der Waals surface area (Å²) in [6.45, 7) is 1.83. The van der Waals surface area contributed by atoms with Crippen LogP contribution in [0.4, 0.5) is 0 Å². The van der Waals surface area contributed by atoms with Gasteiger partial charge in [-0.25, -0.2) is 0 Å². The first kappa shape index (κ1) is 14.2. The molecule has 3 aliphatic heterocycles. The van der Waals surface area contributed by atoms with Crippen molar-refractivity contribution in [1.82, 2.24) is 5.32 Å². The lowest BCUT2D eigenvalue weighted by molar-refractivity contribution is -0.134. The summed E-state index contributed by atoms with van der Waals surface area (Å²) in [5, 5.41) is 3.47. The fourth-order valence-electron chi connectivity index (χ4n) is 3.33. The Morgan fingerprint density at radius 3 is 3.05 bits per heavy atom.